The van der Waals surface area contributed by atoms with Crippen molar-refractivity contribution in [1.82, 2.24) is 8.97 Å². The third-order valence-corrected chi connectivity index (χ3v) is 10.7. The Morgan fingerprint density at radius 2 is 0.660 bits per heavy atom. The molecule has 0 amide bonds. The van der Waals surface area contributed by atoms with Crippen LogP contribution in [0.15, 0.2) is 182 Å². The molecule has 2 nitrogen and oxygen atoms in total. The zero-order valence-electron chi connectivity index (χ0n) is 27.2. The van der Waals surface area contributed by atoms with E-state index in [1.165, 1.54) is 98.3 Å². The molecule has 50 heavy (non-hydrogen) atoms. The number of rotatable bonds is 2. The van der Waals surface area contributed by atoms with Crippen LogP contribution in [0, 0.1) is 0 Å². The molecule has 2 heteroatoms. The normalized spacial score (nSPS) is 12.0. The van der Waals surface area contributed by atoms with E-state index in [1.54, 1.807) is 0 Å². The van der Waals surface area contributed by atoms with E-state index in [0.29, 0.717) is 0 Å². The summed E-state index contributed by atoms with van der Waals surface area (Å²) in [5.74, 6) is 0. The summed E-state index contributed by atoms with van der Waals surface area (Å²) >= 11 is 0. The molecular formula is C48H30N2. The molecule has 11 aromatic rings. The molecule has 0 radical (unpaired) electrons. The maximum Gasteiger partial charge on any atom is 0.0619 e. The Morgan fingerprint density at radius 1 is 0.260 bits per heavy atom. The first-order chi connectivity index (χ1) is 24.8. The van der Waals surface area contributed by atoms with E-state index in [4.69, 9.17) is 0 Å². The molecule has 0 fully saturated rings. The highest BCUT2D eigenvalue weighted by atomic mass is 15.0. The second-order valence-corrected chi connectivity index (χ2v) is 13.3. The van der Waals surface area contributed by atoms with Crippen LogP contribution in [0.5, 0.6) is 0 Å². The first kappa shape index (κ1) is 27.3. The largest absolute Gasteiger partial charge is 0.309 e. The molecule has 0 aliphatic heterocycles. The minimum absolute atomic E-state index is 1.18. The highest BCUT2D eigenvalue weighted by Gasteiger charge is 2.17. The monoisotopic (exact) mass is 634 g/mol. The fourth-order valence-electron chi connectivity index (χ4n) is 8.53. The number of fused-ring (bicyclic) bond motifs is 13. The quantitative estimate of drug-likeness (QED) is 0.179. The van der Waals surface area contributed by atoms with Crippen LogP contribution in [-0.4, -0.2) is 8.97 Å². The molecule has 0 aliphatic carbocycles. The van der Waals surface area contributed by atoms with Crippen molar-refractivity contribution < 1.29 is 0 Å². The summed E-state index contributed by atoms with van der Waals surface area (Å²) in [5, 5.41) is 12.5. The standard InChI is InChI=1S/C48H30N2/c1-2-13-33(14-3-1)49-44-23-10-9-20-39(44)42-29-31(25-27-46(42)49)32-26-28-47-43(30-32)41-22-12-21-40-37-18-7-5-16-35(37)34-15-4-6-17-36(34)38-19-8-11-24-45(38)50(47)48(40)41/h1-30H. The maximum absolute atomic E-state index is 2.51. The molecule has 3 aromatic heterocycles. The molecule has 0 N–H and O–H groups in total. The van der Waals surface area contributed by atoms with Crippen molar-refractivity contribution in [3.05, 3.63) is 182 Å². The third kappa shape index (κ3) is 3.79. The number of nitrogens with zero attached hydrogens (tertiary/aromatic N) is 2. The van der Waals surface area contributed by atoms with Gasteiger partial charge in [0.15, 0.2) is 0 Å². The molecule has 3 heterocycles. The van der Waals surface area contributed by atoms with Crippen molar-refractivity contribution in [2.24, 2.45) is 0 Å². The molecule has 11 rings (SSSR count). The van der Waals surface area contributed by atoms with Gasteiger partial charge in [0, 0.05) is 38.0 Å². The third-order valence-electron chi connectivity index (χ3n) is 10.7. The van der Waals surface area contributed by atoms with Gasteiger partial charge in [-0.3, -0.25) is 0 Å². The van der Waals surface area contributed by atoms with Crippen LogP contribution < -0.4 is 0 Å². The molecule has 232 valence electrons. The zero-order chi connectivity index (χ0) is 32.8. The average molecular weight is 635 g/mol. The summed E-state index contributed by atoms with van der Waals surface area (Å²) in [6.07, 6.45) is 0. The topological polar surface area (TPSA) is 9.34 Å². The lowest BCUT2D eigenvalue weighted by Gasteiger charge is -2.08. The van der Waals surface area contributed by atoms with Gasteiger partial charge in [-0.1, -0.05) is 133 Å². The van der Waals surface area contributed by atoms with Gasteiger partial charge in [0.2, 0.25) is 0 Å². The van der Waals surface area contributed by atoms with Crippen molar-refractivity contribution in [2.45, 2.75) is 0 Å². The average Bonchev–Trinajstić information content (AvgIpc) is 3.71. The first-order valence-electron chi connectivity index (χ1n) is 17.3. The SMILES string of the molecule is c1ccc(-n2c3ccccc3c3cc(-c4ccc5c(c4)c4cccc6c7ccccc7c7ccccc7c7ccccc7n5c64)ccc32)cc1. The molecule has 0 spiro atoms. The number of hydrogen-bond acceptors (Lipinski definition) is 0. The van der Waals surface area contributed by atoms with Gasteiger partial charge in [0.05, 0.1) is 27.6 Å². The van der Waals surface area contributed by atoms with E-state index in [0.717, 1.165) is 0 Å². The fraction of sp³-hybridized carbons (Fsp3) is 0. The van der Waals surface area contributed by atoms with Crippen LogP contribution in [0.25, 0.3) is 98.3 Å². The van der Waals surface area contributed by atoms with Crippen molar-refractivity contribution in [1.29, 1.82) is 0 Å². The number of benzene rings is 8. The van der Waals surface area contributed by atoms with Crippen molar-refractivity contribution in [3.63, 3.8) is 0 Å². The first-order valence-corrected chi connectivity index (χ1v) is 17.3. The van der Waals surface area contributed by atoms with Crippen LogP contribution in [0.2, 0.25) is 0 Å². The Labute approximate surface area is 288 Å². The van der Waals surface area contributed by atoms with E-state index in [-0.39, 0.29) is 0 Å². The van der Waals surface area contributed by atoms with Crippen molar-refractivity contribution >= 4 is 81.4 Å². The molecule has 0 saturated heterocycles. The lowest BCUT2D eigenvalue weighted by atomic mass is 9.99. The van der Waals surface area contributed by atoms with Gasteiger partial charge in [-0.05, 0) is 81.2 Å². The van der Waals surface area contributed by atoms with E-state index in [1.807, 2.05) is 0 Å². The predicted octanol–water partition coefficient (Wildman–Crippen LogP) is 13.0. The summed E-state index contributed by atoms with van der Waals surface area (Å²) < 4.78 is 4.89. The zero-order valence-corrected chi connectivity index (χ0v) is 27.2. The van der Waals surface area contributed by atoms with Crippen LogP contribution in [0.3, 0.4) is 0 Å². The maximum atomic E-state index is 2.51. The highest BCUT2D eigenvalue weighted by Crippen LogP contribution is 2.41. The second kappa shape index (κ2) is 10.4. The minimum Gasteiger partial charge on any atom is -0.309 e. The van der Waals surface area contributed by atoms with Crippen molar-refractivity contribution in [2.75, 3.05) is 0 Å². The number of hydrogen-bond donors (Lipinski definition) is 0. The van der Waals surface area contributed by atoms with E-state index >= 15 is 0 Å². The molecule has 8 aromatic carbocycles. The Kier molecular flexibility index (Phi) is 5.70. The van der Waals surface area contributed by atoms with E-state index < -0.39 is 0 Å². The van der Waals surface area contributed by atoms with Gasteiger partial charge in [-0.25, -0.2) is 0 Å². The molecule has 0 unspecified atom stereocenters. The molecule has 0 aliphatic rings. The Morgan fingerprint density at radius 3 is 1.32 bits per heavy atom. The summed E-state index contributed by atoms with van der Waals surface area (Å²) in [6, 6.07) is 66.9. The molecule has 0 saturated carbocycles. The lowest BCUT2D eigenvalue weighted by Crippen LogP contribution is -1.92. The Balaban J connectivity index is 1.26. The van der Waals surface area contributed by atoms with Gasteiger partial charge < -0.3 is 8.97 Å². The molecular weight excluding hydrogens is 605 g/mol. The highest BCUT2D eigenvalue weighted by molar-refractivity contribution is 6.25. The van der Waals surface area contributed by atoms with Gasteiger partial charge >= 0.3 is 0 Å². The summed E-state index contributed by atoms with van der Waals surface area (Å²) in [6.45, 7) is 0. The van der Waals surface area contributed by atoms with Crippen LogP contribution in [-0.2, 0) is 0 Å². The number of aromatic nitrogens is 2. The van der Waals surface area contributed by atoms with Crippen LogP contribution >= 0.6 is 0 Å². The van der Waals surface area contributed by atoms with Crippen molar-refractivity contribution in [3.8, 4) is 16.8 Å². The number of para-hydroxylation sites is 4. The van der Waals surface area contributed by atoms with Gasteiger partial charge in [0.1, 0.15) is 0 Å². The van der Waals surface area contributed by atoms with Gasteiger partial charge in [-0.2, -0.15) is 0 Å². The lowest BCUT2D eigenvalue weighted by molar-refractivity contribution is 1.18. The summed E-state index contributed by atoms with van der Waals surface area (Å²) in [7, 11) is 0. The van der Waals surface area contributed by atoms with Crippen LogP contribution in [0.4, 0.5) is 0 Å². The predicted molar refractivity (Wildman–Crippen MR) is 214 cm³/mol. The Hall–Kier alpha value is -6.64. The van der Waals surface area contributed by atoms with Crippen LogP contribution in [0.1, 0.15) is 0 Å². The molecule has 0 atom stereocenters. The van der Waals surface area contributed by atoms with Gasteiger partial charge in [0.25, 0.3) is 0 Å². The molecule has 0 bridgehead atoms. The minimum atomic E-state index is 1.18. The second-order valence-electron chi connectivity index (χ2n) is 13.3. The van der Waals surface area contributed by atoms with Gasteiger partial charge in [-0.15, -0.1) is 0 Å². The summed E-state index contributed by atoms with van der Waals surface area (Å²) in [4.78, 5) is 0. The van der Waals surface area contributed by atoms with E-state index in [2.05, 4.69) is 191 Å². The van der Waals surface area contributed by atoms with E-state index in [9.17, 15) is 0 Å². The smallest absolute Gasteiger partial charge is 0.0619 e. The summed E-state index contributed by atoms with van der Waals surface area (Å²) in [5.41, 5.74) is 9.69. The Bertz CT molecular complexity index is 3200. The fourth-order valence-corrected chi connectivity index (χ4v) is 8.53.